The first-order valence-corrected chi connectivity index (χ1v) is 9.41. The molecular weight excluding hydrogens is 361 g/mol. The van der Waals surface area contributed by atoms with Gasteiger partial charge in [0.15, 0.2) is 5.65 Å². The van der Waals surface area contributed by atoms with Gasteiger partial charge in [-0.3, -0.25) is 14.2 Å². The minimum Gasteiger partial charge on any atom is -0.376 e. The van der Waals surface area contributed by atoms with Crippen LogP contribution in [0.3, 0.4) is 0 Å². The van der Waals surface area contributed by atoms with Gasteiger partial charge >= 0.3 is 0 Å². The van der Waals surface area contributed by atoms with Crippen molar-refractivity contribution in [2.45, 2.75) is 25.4 Å². The number of ether oxygens (including phenoxy) is 1. The second-order valence-corrected chi connectivity index (χ2v) is 6.74. The number of nitrogens with zero attached hydrogens (tertiary/aromatic N) is 3. The summed E-state index contributed by atoms with van der Waals surface area (Å²) in [5.74, 6) is 0.341. The number of anilines is 1. The Labute approximate surface area is 161 Å². The highest BCUT2D eigenvalue weighted by Gasteiger charge is 2.17. The van der Waals surface area contributed by atoms with Crippen LogP contribution in [-0.4, -0.2) is 46.1 Å². The van der Waals surface area contributed by atoms with Crippen LogP contribution < -0.4 is 10.6 Å². The molecule has 4 rings (SSSR count). The molecule has 146 valence electrons. The third kappa shape index (κ3) is 4.12. The molecule has 1 fully saturated rings. The number of benzene rings is 1. The lowest BCUT2D eigenvalue weighted by Crippen LogP contribution is -2.32. The first-order chi connectivity index (χ1) is 13.7. The van der Waals surface area contributed by atoms with Gasteiger partial charge in [-0.1, -0.05) is 12.1 Å². The number of nitrogens with one attached hydrogen (secondary N) is 2. The van der Waals surface area contributed by atoms with Crippen molar-refractivity contribution in [3.8, 4) is 11.3 Å². The van der Waals surface area contributed by atoms with Gasteiger partial charge in [-0.25, -0.2) is 9.37 Å². The first-order valence-electron chi connectivity index (χ1n) is 9.41. The van der Waals surface area contributed by atoms with Gasteiger partial charge in [0.05, 0.1) is 12.3 Å². The fourth-order valence-corrected chi connectivity index (χ4v) is 3.33. The summed E-state index contributed by atoms with van der Waals surface area (Å²) in [5, 5.41) is 6.18. The molecule has 1 amide bonds. The highest BCUT2D eigenvalue weighted by atomic mass is 19.1. The monoisotopic (exact) mass is 383 g/mol. The van der Waals surface area contributed by atoms with E-state index in [1.165, 1.54) is 12.1 Å². The predicted octanol–water partition coefficient (Wildman–Crippen LogP) is 2.63. The number of rotatable bonds is 7. The molecule has 0 bridgehead atoms. The lowest BCUT2D eigenvalue weighted by atomic mass is 10.1. The van der Waals surface area contributed by atoms with E-state index in [9.17, 15) is 9.18 Å². The molecule has 1 aromatic carbocycles. The average molecular weight is 383 g/mol. The van der Waals surface area contributed by atoms with Crippen molar-refractivity contribution in [1.29, 1.82) is 0 Å². The average Bonchev–Trinajstić information content (AvgIpc) is 3.34. The number of halogens is 1. The first kappa shape index (κ1) is 18.4. The number of imidazole rings is 1. The van der Waals surface area contributed by atoms with Gasteiger partial charge in [0.2, 0.25) is 5.91 Å². The van der Waals surface area contributed by atoms with Crippen molar-refractivity contribution in [3.05, 3.63) is 48.7 Å². The Hall–Kier alpha value is -3.00. The second kappa shape index (κ2) is 8.35. The Kier molecular flexibility index (Phi) is 5.48. The summed E-state index contributed by atoms with van der Waals surface area (Å²) < 4.78 is 21.0. The molecule has 1 atom stereocenters. The molecule has 2 N–H and O–H groups in total. The minimum absolute atomic E-state index is 0.0363. The van der Waals surface area contributed by atoms with E-state index in [-0.39, 0.29) is 17.8 Å². The Balaban J connectivity index is 1.45. The quantitative estimate of drug-likeness (QED) is 0.656. The van der Waals surface area contributed by atoms with Crippen LogP contribution in [0.15, 0.2) is 42.9 Å². The minimum atomic E-state index is -0.327. The van der Waals surface area contributed by atoms with Crippen LogP contribution in [0.1, 0.15) is 19.3 Å². The molecule has 0 spiro atoms. The number of amides is 1. The van der Waals surface area contributed by atoms with Gasteiger partial charge in [-0.15, -0.1) is 0 Å². The van der Waals surface area contributed by atoms with Gasteiger partial charge in [-0.05, 0) is 25.0 Å². The van der Waals surface area contributed by atoms with Gasteiger partial charge in [0.25, 0.3) is 0 Å². The SMILES string of the molecule is O=C(CCNc1c(-c2cccc(F)c2)nc2cnccn12)NC[C@H]1CCCO1. The zero-order chi connectivity index (χ0) is 19.3. The molecule has 0 aliphatic carbocycles. The lowest BCUT2D eigenvalue weighted by molar-refractivity contribution is -0.121. The number of hydrogen-bond acceptors (Lipinski definition) is 5. The highest BCUT2D eigenvalue weighted by Crippen LogP contribution is 2.28. The molecule has 1 aliphatic heterocycles. The number of hydrogen-bond donors (Lipinski definition) is 2. The normalized spacial score (nSPS) is 16.4. The Morgan fingerprint density at radius 3 is 3.14 bits per heavy atom. The molecule has 2 aromatic heterocycles. The Bertz CT molecular complexity index is 968. The molecule has 3 heterocycles. The summed E-state index contributed by atoms with van der Waals surface area (Å²) in [6.07, 6.45) is 7.56. The van der Waals surface area contributed by atoms with Crippen molar-refractivity contribution in [2.75, 3.05) is 25.0 Å². The summed E-state index contributed by atoms with van der Waals surface area (Å²) in [4.78, 5) is 20.8. The van der Waals surface area contributed by atoms with Gasteiger partial charge < -0.3 is 15.4 Å². The molecule has 1 saturated heterocycles. The molecule has 3 aromatic rings. The smallest absolute Gasteiger partial charge is 0.221 e. The van der Waals surface area contributed by atoms with Crippen LogP contribution in [-0.2, 0) is 9.53 Å². The van der Waals surface area contributed by atoms with Gasteiger partial charge in [0.1, 0.15) is 17.3 Å². The van der Waals surface area contributed by atoms with E-state index in [0.29, 0.717) is 42.2 Å². The standard InChI is InChI=1S/C20H22FN5O2/c21-15-4-1-3-14(11-15)19-20(26-9-8-22-13-17(26)25-19)23-7-6-18(27)24-12-16-5-2-10-28-16/h1,3-4,8-9,11,13,16,23H,2,5-7,10,12H2,(H,24,27)/t16-/m1/s1. The maximum Gasteiger partial charge on any atom is 0.221 e. The summed E-state index contributed by atoms with van der Waals surface area (Å²) in [7, 11) is 0. The molecule has 1 aliphatic rings. The predicted molar refractivity (Wildman–Crippen MR) is 103 cm³/mol. The third-order valence-electron chi connectivity index (χ3n) is 4.72. The zero-order valence-corrected chi connectivity index (χ0v) is 15.4. The Morgan fingerprint density at radius 1 is 1.39 bits per heavy atom. The van der Waals surface area contributed by atoms with E-state index in [2.05, 4.69) is 20.6 Å². The maximum atomic E-state index is 13.7. The van der Waals surface area contributed by atoms with Crippen LogP contribution in [0.4, 0.5) is 10.2 Å². The van der Waals surface area contributed by atoms with Crippen LogP contribution in [0.25, 0.3) is 16.9 Å². The number of carbonyl (C=O) groups is 1. The van der Waals surface area contributed by atoms with Crippen molar-refractivity contribution in [1.82, 2.24) is 19.7 Å². The number of aromatic nitrogens is 3. The van der Waals surface area contributed by atoms with E-state index >= 15 is 0 Å². The van der Waals surface area contributed by atoms with Crippen molar-refractivity contribution in [3.63, 3.8) is 0 Å². The van der Waals surface area contributed by atoms with E-state index in [1.54, 1.807) is 30.7 Å². The number of carbonyl (C=O) groups excluding carboxylic acids is 1. The molecule has 0 saturated carbocycles. The molecule has 7 nitrogen and oxygen atoms in total. The topological polar surface area (TPSA) is 80.6 Å². The fraction of sp³-hybridized carbons (Fsp3) is 0.350. The van der Waals surface area contributed by atoms with Gasteiger partial charge in [-0.2, -0.15) is 0 Å². The van der Waals surface area contributed by atoms with Crippen LogP contribution in [0.2, 0.25) is 0 Å². The van der Waals surface area contributed by atoms with E-state index in [1.807, 2.05) is 4.40 Å². The van der Waals surface area contributed by atoms with Crippen LogP contribution in [0.5, 0.6) is 0 Å². The molecular formula is C20H22FN5O2. The van der Waals surface area contributed by atoms with Crippen LogP contribution in [0, 0.1) is 5.82 Å². The molecule has 0 radical (unpaired) electrons. The zero-order valence-electron chi connectivity index (χ0n) is 15.4. The maximum absolute atomic E-state index is 13.7. The molecule has 8 heteroatoms. The van der Waals surface area contributed by atoms with Crippen molar-refractivity contribution in [2.24, 2.45) is 0 Å². The molecule has 28 heavy (non-hydrogen) atoms. The summed E-state index contributed by atoms with van der Waals surface area (Å²) in [6.45, 7) is 1.75. The fourth-order valence-electron chi connectivity index (χ4n) is 3.33. The van der Waals surface area contributed by atoms with Gasteiger partial charge in [0, 0.05) is 44.1 Å². The third-order valence-corrected chi connectivity index (χ3v) is 4.72. The number of fused-ring (bicyclic) bond motifs is 1. The highest BCUT2D eigenvalue weighted by molar-refractivity contribution is 5.78. The largest absolute Gasteiger partial charge is 0.376 e. The summed E-state index contributed by atoms with van der Waals surface area (Å²) in [6, 6.07) is 6.29. The summed E-state index contributed by atoms with van der Waals surface area (Å²) in [5.41, 5.74) is 1.92. The van der Waals surface area contributed by atoms with Crippen LogP contribution >= 0.6 is 0 Å². The lowest BCUT2D eigenvalue weighted by Gasteiger charge is -2.12. The van der Waals surface area contributed by atoms with Crippen molar-refractivity contribution >= 4 is 17.4 Å². The second-order valence-electron chi connectivity index (χ2n) is 6.74. The molecule has 0 unspecified atom stereocenters. The summed E-state index contributed by atoms with van der Waals surface area (Å²) >= 11 is 0. The van der Waals surface area contributed by atoms with E-state index < -0.39 is 0 Å². The van der Waals surface area contributed by atoms with E-state index in [4.69, 9.17) is 4.74 Å². The van der Waals surface area contributed by atoms with Crippen molar-refractivity contribution < 1.29 is 13.9 Å². The Morgan fingerprint density at radius 2 is 2.32 bits per heavy atom. The van der Waals surface area contributed by atoms with E-state index in [0.717, 1.165) is 19.4 Å².